The lowest BCUT2D eigenvalue weighted by atomic mass is 10.1. The number of halogens is 1. The fourth-order valence-corrected chi connectivity index (χ4v) is 4.98. The summed E-state index contributed by atoms with van der Waals surface area (Å²) in [6.07, 6.45) is 1.61. The number of benzene rings is 1. The van der Waals surface area contributed by atoms with Crippen molar-refractivity contribution in [2.45, 2.75) is 20.8 Å². The number of aryl methyl sites for hydroxylation is 2. The van der Waals surface area contributed by atoms with E-state index in [0.717, 1.165) is 70.0 Å². The summed E-state index contributed by atoms with van der Waals surface area (Å²) < 4.78 is 1.02. The molecule has 0 bridgehead atoms. The topological polar surface area (TPSA) is 61.4 Å². The number of carbonyl (C=O) groups excluding carboxylic acids is 1. The van der Waals surface area contributed by atoms with Crippen LogP contribution < -0.4 is 10.2 Å². The van der Waals surface area contributed by atoms with Crippen molar-refractivity contribution in [1.29, 1.82) is 0 Å². The Labute approximate surface area is 183 Å². The van der Waals surface area contributed by atoms with Crippen LogP contribution in [0, 0.1) is 13.8 Å². The van der Waals surface area contributed by atoms with Crippen molar-refractivity contribution < 1.29 is 4.79 Å². The van der Waals surface area contributed by atoms with Gasteiger partial charge in [0.05, 0.1) is 10.3 Å². The molecule has 0 saturated carbocycles. The zero-order chi connectivity index (χ0) is 20.5. The van der Waals surface area contributed by atoms with Gasteiger partial charge in [-0.1, -0.05) is 22.9 Å². The number of hydrogen-bond acceptors (Lipinski definition) is 6. The lowest BCUT2D eigenvalue weighted by molar-refractivity contribution is 0.103. The Morgan fingerprint density at radius 3 is 2.66 bits per heavy atom. The molecule has 0 spiro atoms. The molecule has 2 aromatic heterocycles. The Morgan fingerprint density at radius 1 is 1.21 bits per heavy atom. The van der Waals surface area contributed by atoms with Gasteiger partial charge >= 0.3 is 0 Å². The summed E-state index contributed by atoms with van der Waals surface area (Å²) in [4.78, 5) is 28.3. The number of aromatic nitrogens is 2. The van der Waals surface area contributed by atoms with Gasteiger partial charge in [-0.2, -0.15) is 0 Å². The summed E-state index contributed by atoms with van der Waals surface area (Å²) in [5.41, 5.74) is 2.81. The third-order valence-corrected chi connectivity index (χ3v) is 7.54. The van der Waals surface area contributed by atoms with E-state index in [1.165, 1.54) is 11.3 Å². The van der Waals surface area contributed by atoms with Gasteiger partial charge in [-0.05, 0) is 49.7 Å². The van der Waals surface area contributed by atoms with Crippen LogP contribution in [0.5, 0.6) is 0 Å². The number of piperazine rings is 1. The minimum Gasteiger partial charge on any atom is -0.353 e. The normalized spacial score (nSPS) is 15.1. The molecule has 1 fully saturated rings. The Bertz CT molecular complexity index is 1060. The molecule has 1 aromatic carbocycles. The van der Waals surface area contributed by atoms with Crippen molar-refractivity contribution in [3.05, 3.63) is 45.0 Å². The first kappa shape index (κ1) is 20.3. The first-order valence-electron chi connectivity index (χ1n) is 9.76. The molecule has 0 atom stereocenters. The molecule has 152 valence electrons. The van der Waals surface area contributed by atoms with E-state index in [4.69, 9.17) is 0 Å². The van der Waals surface area contributed by atoms with E-state index < -0.39 is 0 Å². The third kappa shape index (κ3) is 4.01. The van der Waals surface area contributed by atoms with Crippen LogP contribution in [0.15, 0.2) is 29.0 Å². The summed E-state index contributed by atoms with van der Waals surface area (Å²) in [5, 5.41) is 4.02. The molecule has 8 heteroatoms. The standard InChI is InChI=1S/C21H24BrN5OS/c1-4-26-7-9-27(10-8-26)19-17-14(3)18(29-21(17)24-12-23-19)20(28)25-15-5-6-16(22)13(2)11-15/h5-6,11-12H,4,7-10H2,1-3H3,(H,25,28). The van der Waals surface area contributed by atoms with E-state index in [9.17, 15) is 4.79 Å². The smallest absolute Gasteiger partial charge is 0.266 e. The summed E-state index contributed by atoms with van der Waals surface area (Å²) in [6, 6.07) is 5.81. The number of thiophene rings is 1. The van der Waals surface area contributed by atoms with Crippen molar-refractivity contribution >= 4 is 54.9 Å². The van der Waals surface area contributed by atoms with Gasteiger partial charge in [0.1, 0.15) is 17.0 Å². The second-order valence-electron chi connectivity index (χ2n) is 7.27. The van der Waals surface area contributed by atoms with Crippen molar-refractivity contribution in [3.63, 3.8) is 0 Å². The van der Waals surface area contributed by atoms with E-state index in [1.54, 1.807) is 6.33 Å². The van der Waals surface area contributed by atoms with Crippen molar-refractivity contribution in [2.24, 2.45) is 0 Å². The van der Waals surface area contributed by atoms with Gasteiger partial charge in [0.25, 0.3) is 5.91 Å². The van der Waals surface area contributed by atoms with E-state index in [-0.39, 0.29) is 5.91 Å². The van der Waals surface area contributed by atoms with Gasteiger partial charge in [0, 0.05) is 36.3 Å². The maximum atomic E-state index is 13.0. The monoisotopic (exact) mass is 473 g/mol. The predicted molar refractivity (Wildman–Crippen MR) is 123 cm³/mol. The molecule has 29 heavy (non-hydrogen) atoms. The summed E-state index contributed by atoms with van der Waals surface area (Å²) in [7, 11) is 0. The average molecular weight is 474 g/mol. The summed E-state index contributed by atoms with van der Waals surface area (Å²) in [6.45, 7) is 11.2. The van der Waals surface area contributed by atoms with Crippen LogP contribution in [0.3, 0.4) is 0 Å². The van der Waals surface area contributed by atoms with E-state index >= 15 is 0 Å². The van der Waals surface area contributed by atoms with E-state index in [2.05, 4.69) is 47.9 Å². The van der Waals surface area contributed by atoms with E-state index in [1.807, 2.05) is 32.0 Å². The van der Waals surface area contributed by atoms with Crippen molar-refractivity contribution in [3.8, 4) is 0 Å². The van der Waals surface area contributed by atoms with Crippen LogP contribution in [0.1, 0.15) is 27.7 Å². The molecule has 6 nitrogen and oxygen atoms in total. The highest BCUT2D eigenvalue weighted by Gasteiger charge is 2.24. The number of fused-ring (bicyclic) bond motifs is 1. The Kier molecular flexibility index (Phi) is 5.85. The van der Waals surface area contributed by atoms with Gasteiger partial charge < -0.3 is 15.1 Å². The first-order valence-corrected chi connectivity index (χ1v) is 11.4. The molecule has 0 radical (unpaired) electrons. The van der Waals surface area contributed by atoms with Crippen LogP contribution in [0.25, 0.3) is 10.2 Å². The lowest BCUT2D eigenvalue weighted by Crippen LogP contribution is -2.46. The van der Waals surface area contributed by atoms with Crippen LogP contribution in [-0.4, -0.2) is 53.5 Å². The summed E-state index contributed by atoms with van der Waals surface area (Å²) >= 11 is 4.93. The van der Waals surface area contributed by atoms with Gasteiger partial charge in [-0.25, -0.2) is 9.97 Å². The summed E-state index contributed by atoms with van der Waals surface area (Å²) in [5.74, 6) is 0.840. The lowest BCUT2D eigenvalue weighted by Gasteiger charge is -2.35. The number of carbonyl (C=O) groups is 1. The molecule has 3 aromatic rings. The second kappa shape index (κ2) is 8.38. The SMILES string of the molecule is CCN1CCN(c2ncnc3sc(C(=O)Nc4ccc(Br)c(C)c4)c(C)c23)CC1. The third-order valence-electron chi connectivity index (χ3n) is 5.45. The van der Waals surface area contributed by atoms with Crippen LogP contribution in [0.4, 0.5) is 11.5 Å². The first-order chi connectivity index (χ1) is 14.0. The highest BCUT2D eigenvalue weighted by molar-refractivity contribution is 9.10. The predicted octanol–water partition coefficient (Wildman–Crippen LogP) is 4.46. The van der Waals surface area contributed by atoms with Gasteiger partial charge in [-0.15, -0.1) is 11.3 Å². The van der Waals surface area contributed by atoms with Gasteiger partial charge in [0.15, 0.2) is 0 Å². The molecule has 1 aliphatic heterocycles. The fourth-order valence-electron chi connectivity index (χ4n) is 3.70. The molecule has 0 unspecified atom stereocenters. The van der Waals surface area contributed by atoms with Crippen LogP contribution >= 0.6 is 27.3 Å². The quantitative estimate of drug-likeness (QED) is 0.605. The molecule has 3 heterocycles. The number of amides is 1. The molecule has 1 amide bonds. The maximum Gasteiger partial charge on any atom is 0.266 e. The highest BCUT2D eigenvalue weighted by atomic mass is 79.9. The molecular formula is C21H24BrN5OS. The maximum absolute atomic E-state index is 13.0. The number of anilines is 2. The molecule has 1 N–H and O–H groups in total. The van der Waals surface area contributed by atoms with Crippen LogP contribution in [0.2, 0.25) is 0 Å². The number of hydrogen-bond donors (Lipinski definition) is 1. The zero-order valence-electron chi connectivity index (χ0n) is 16.8. The Morgan fingerprint density at radius 2 is 1.97 bits per heavy atom. The molecule has 0 aliphatic carbocycles. The number of nitrogens with one attached hydrogen (secondary N) is 1. The number of nitrogens with zero attached hydrogens (tertiary/aromatic N) is 4. The molecular weight excluding hydrogens is 450 g/mol. The minimum atomic E-state index is -0.103. The minimum absolute atomic E-state index is 0.103. The van der Waals surface area contributed by atoms with E-state index in [0.29, 0.717) is 4.88 Å². The average Bonchev–Trinajstić information content (AvgIpc) is 3.08. The molecule has 1 aliphatic rings. The van der Waals surface area contributed by atoms with Crippen molar-refractivity contribution in [2.75, 3.05) is 42.9 Å². The van der Waals surface area contributed by atoms with Crippen molar-refractivity contribution in [1.82, 2.24) is 14.9 Å². The van der Waals surface area contributed by atoms with Crippen LogP contribution in [-0.2, 0) is 0 Å². The van der Waals surface area contributed by atoms with Gasteiger partial charge in [-0.3, -0.25) is 4.79 Å². The zero-order valence-corrected chi connectivity index (χ0v) is 19.2. The largest absolute Gasteiger partial charge is 0.353 e. The Balaban J connectivity index is 1.64. The number of rotatable bonds is 4. The van der Waals surface area contributed by atoms with Gasteiger partial charge in [0.2, 0.25) is 0 Å². The Hall–Kier alpha value is -2.03. The molecule has 1 saturated heterocycles. The highest BCUT2D eigenvalue weighted by Crippen LogP contribution is 2.35. The molecule has 4 rings (SSSR count). The fraction of sp³-hybridized carbons (Fsp3) is 0.381. The second-order valence-corrected chi connectivity index (χ2v) is 9.13. The number of likely N-dealkylation sites (N-methyl/N-ethyl adjacent to an activating group) is 1.